The standard InChI is InChI=1S/C26H35N3O7/c1-28(2)9-5-6-12-7-8-16(30)18-14(12)10-13-11-15-20(29(3)4)22(32)19(25(27)35)24(34)26(15,36)23(33)17(13)21(18)31/h7-8,13,15,19-20,22,30-32,36H,5-6,9-11H2,1-4H3,(H2,27,35)/t13-,15-,19?,20-,22?,26-/m1/s1. The average molecular weight is 502 g/mol. The van der Waals surface area contributed by atoms with Crippen LogP contribution in [0.5, 0.6) is 5.75 Å². The van der Waals surface area contributed by atoms with E-state index in [-0.39, 0.29) is 23.3 Å². The van der Waals surface area contributed by atoms with E-state index < -0.39 is 58.7 Å². The highest BCUT2D eigenvalue weighted by atomic mass is 16.3. The largest absolute Gasteiger partial charge is 0.507 e. The Balaban J connectivity index is 1.84. The number of aliphatic hydroxyl groups excluding tert-OH is 2. The van der Waals surface area contributed by atoms with Crippen LogP contribution >= 0.6 is 0 Å². The fourth-order valence-corrected chi connectivity index (χ4v) is 6.49. The molecule has 3 aliphatic carbocycles. The van der Waals surface area contributed by atoms with E-state index in [4.69, 9.17) is 5.73 Å². The number of ketones is 2. The van der Waals surface area contributed by atoms with Gasteiger partial charge < -0.3 is 36.0 Å². The lowest BCUT2D eigenvalue weighted by Crippen LogP contribution is -2.73. The van der Waals surface area contributed by atoms with Crippen LogP contribution in [-0.2, 0) is 27.2 Å². The number of amides is 1. The number of fused-ring (bicyclic) bond motifs is 3. The third-order valence-electron chi connectivity index (χ3n) is 8.12. The maximum absolute atomic E-state index is 13.8. The number of Topliss-reactive ketones (excluding diaryl/α,β-unsaturated/α-hetero) is 2. The van der Waals surface area contributed by atoms with Crippen LogP contribution in [0.15, 0.2) is 17.7 Å². The molecule has 0 bridgehead atoms. The summed E-state index contributed by atoms with van der Waals surface area (Å²) in [6, 6.07) is 2.39. The molecule has 6 atom stereocenters. The van der Waals surface area contributed by atoms with Gasteiger partial charge in [0.2, 0.25) is 11.7 Å². The molecule has 1 aromatic carbocycles. The van der Waals surface area contributed by atoms with Crippen molar-refractivity contribution < 1.29 is 34.8 Å². The molecule has 0 saturated heterocycles. The van der Waals surface area contributed by atoms with E-state index in [0.717, 1.165) is 24.1 Å². The first-order valence-corrected chi connectivity index (χ1v) is 12.2. The number of phenolic OH excluding ortho intramolecular Hbond substituents is 1. The Morgan fingerprint density at radius 3 is 2.42 bits per heavy atom. The lowest BCUT2D eigenvalue weighted by Gasteiger charge is -2.53. The predicted molar refractivity (Wildman–Crippen MR) is 131 cm³/mol. The summed E-state index contributed by atoms with van der Waals surface area (Å²) in [5.74, 6) is -7.27. The number of aromatic hydroxyl groups is 1. The molecule has 0 heterocycles. The normalized spacial score (nSPS) is 31.9. The van der Waals surface area contributed by atoms with Crippen LogP contribution in [0.2, 0.25) is 0 Å². The van der Waals surface area contributed by atoms with Crippen molar-refractivity contribution in [3.63, 3.8) is 0 Å². The number of primary amides is 1. The Morgan fingerprint density at radius 1 is 1.17 bits per heavy atom. The van der Waals surface area contributed by atoms with Crippen molar-refractivity contribution in [3.05, 3.63) is 34.4 Å². The molecule has 10 heteroatoms. The molecule has 36 heavy (non-hydrogen) atoms. The maximum Gasteiger partial charge on any atom is 0.230 e. The van der Waals surface area contributed by atoms with Gasteiger partial charge in [-0.2, -0.15) is 0 Å². The van der Waals surface area contributed by atoms with Crippen molar-refractivity contribution in [1.29, 1.82) is 0 Å². The third-order valence-corrected chi connectivity index (χ3v) is 8.12. The van der Waals surface area contributed by atoms with Gasteiger partial charge in [0.25, 0.3) is 0 Å². The zero-order valence-electron chi connectivity index (χ0n) is 21.1. The van der Waals surface area contributed by atoms with Crippen molar-refractivity contribution in [2.24, 2.45) is 23.5 Å². The van der Waals surface area contributed by atoms with Gasteiger partial charge in [-0.25, -0.2) is 0 Å². The molecule has 2 fully saturated rings. The van der Waals surface area contributed by atoms with Crippen molar-refractivity contribution in [3.8, 4) is 5.75 Å². The Morgan fingerprint density at radius 2 is 1.83 bits per heavy atom. The van der Waals surface area contributed by atoms with E-state index >= 15 is 0 Å². The van der Waals surface area contributed by atoms with Gasteiger partial charge in [0, 0.05) is 17.5 Å². The number of hydrogen-bond donors (Lipinski definition) is 5. The minimum atomic E-state index is -2.63. The quantitative estimate of drug-likeness (QED) is 0.327. The number of aryl methyl sites for hydroxylation is 1. The molecule has 6 N–H and O–H groups in total. The molecule has 0 aliphatic heterocycles. The van der Waals surface area contributed by atoms with Crippen molar-refractivity contribution in [2.45, 2.75) is 43.4 Å². The number of nitrogens with two attached hydrogens (primary N) is 1. The molecule has 196 valence electrons. The number of carbonyl (C=O) groups is 3. The molecule has 3 aliphatic rings. The fourth-order valence-electron chi connectivity index (χ4n) is 6.49. The number of hydrogen-bond acceptors (Lipinski definition) is 9. The van der Waals surface area contributed by atoms with Gasteiger partial charge in [0.15, 0.2) is 11.4 Å². The molecule has 1 aromatic rings. The van der Waals surface area contributed by atoms with Gasteiger partial charge in [-0.1, -0.05) is 6.07 Å². The van der Waals surface area contributed by atoms with E-state index in [2.05, 4.69) is 4.90 Å². The van der Waals surface area contributed by atoms with E-state index in [9.17, 15) is 34.8 Å². The number of nitrogens with zero attached hydrogens (tertiary/aromatic N) is 2. The molecule has 2 unspecified atom stereocenters. The number of carbonyl (C=O) groups excluding carboxylic acids is 3. The number of benzene rings is 1. The number of aliphatic hydroxyl groups is 3. The second-order valence-corrected chi connectivity index (χ2v) is 10.8. The lowest BCUT2D eigenvalue weighted by molar-refractivity contribution is -0.184. The predicted octanol–water partition coefficient (Wildman–Crippen LogP) is -0.377. The molecular formula is C26H35N3O7. The van der Waals surface area contributed by atoms with Crippen molar-refractivity contribution in [1.82, 2.24) is 9.80 Å². The van der Waals surface area contributed by atoms with E-state index in [0.29, 0.717) is 12.8 Å². The van der Waals surface area contributed by atoms with Gasteiger partial charge in [0.1, 0.15) is 17.4 Å². The number of rotatable bonds is 6. The summed E-state index contributed by atoms with van der Waals surface area (Å²) in [6.45, 7) is 0.852. The van der Waals surface area contributed by atoms with Gasteiger partial charge >= 0.3 is 0 Å². The van der Waals surface area contributed by atoms with Crippen LogP contribution in [0.1, 0.15) is 29.5 Å². The van der Waals surface area contributed by atoms with Crippen LogP contribution in [0.4, 0.5) is 0 Å². The molecule has 4 rings (SSSR count). The van der Waals surface area contributed by atoms with Gasteiger partial charge in [0.05, 0.1) is 11.7 Å². The SMILES string of the molecule is CN(C)CCCc1ccc(O)c2c1C[C@@H]1C[C@@H]3[C@@H](N(C)C)C(O)C(C(N)=O)C(=O)[C@]3(O)C(=O)C1=C2O. The summed E-state index contributed by atoms with van der Waals surface area (Å²) in [5, 5.41) is 44.4. The molecule has 0 spiro atoms. The minimum absolute atomic E-state index is 0.116. The molecule has 0 aromatic heterocycles. The van der Waals surface area contributed by atoms with Crippen LogP contribution in [0.25, 0.3) is 5.76 Å². The topological polar surface area (TPSA) is 165 Å². The molecule has 10 nitrogen and oxygen atoms in total. The first-order valence-electron chi connectivity index (χ1n) is 12.2. The average Bonchev–Trinajstić information content (AvgIpc) is 2.77. The van der Waals surface area contributed by atoms with Gasteiger partial charge in [-0.05, 0) is 83.5 Å². The maximum atomic E-state index is 13.8. The summed E-state index contributed by atoms with van der Waals surface area (Å²) >= 11 is 0. The second-order valence-electron chi connectivity index (χ2n) is 10.8. The first-order chi connectivity index (χ1) is 16.8. The Kier molecular flexibility index (Phi) is 6.76. The zero-order valence-corrected chi connectivity index (χ0v) is 21.1. The van der Waals surface area contributed by atoms with Crippen LogP contribution in [-0.4, -0.2) is 100 Å². The van der Waals surface area contributed by atoms with E-state index in [1.165, 1.54) is 6.07 Å². The highest BCUT2D eigenvalue weighted by Gasteiger charge is 2.67. The van der Waals surface area contributed by atoms with Crippen molar-refractivity contribution in [2.75, 3.05) is 34.7 Å². The molecule has 0 radical (unpaired) electrons. The summed E-state index contributed by atoms with van der Waals surface area (Å²) in [7, 11) is 7.22. The Bertz CT molecular complexity index is 1140. The van der Waals surface area contributed by atoms with Crippen LogP contribution in [0.3, 0.4) is 0 Å². The summed E-state index contributed by atoms with van der Waals surface area (Å²) in [4.78, 5) is 42.9. The first kappa shape index (κ1) is 26.3. The highest BCUT2D eigenvalue weighted by molar-refractivity contribution is 6.25. The van der Waals surface area contributed by atoms with E-state index in [1.807, 2.05) is 20.2 Å². The molecular weight excluding hydrogens is 466 g/mol. The Hall–Kier alpha value is -2.79. The van der Waals surface area contributed by atoms with Crippen LogP contribution < -0.4 is 5.73 Å². The third kappa shape index (κ3) is 3.83. The highest BCUT2D eigenvalue weighted by Crippen LogP contribution is 2.52. The molecule has 1 amide bonds. The van der Waals surface area contributed by atoms with Crippen LogP contribution in [0, 0.1) is 17.8 Å². The smallest absolute Gasteiger partial charge is 0.230 e. The summed E-state index contributed by atoms with van der Waals surface area (Å²) in [6.07, 6.45) is 0.498. The van der Waals surface area contributed by atoms with Crippen molar-refractivity contribution >= 4 is 23.2 Å². The minimum Gasteiger partial charge on any atom is -0.507 e. The monoisotopic (exact) mass is 501 g/mol. The summed E-state index contributed by atoms with van der Waals surface area (Å²) < 4.78 is 0. The number of likely N-dealkylation sites (N-methyl/N-ethyl adjacent to an activating group) is 1. The van der Waals surface area contributed by atoms with Gasteiger partial charge in [-0.15, -0.1) is 0 Å². The zero-order chi connectivity index (χ0) is 26.7. The fraction of sp³-hybridized carbons (Fsp3) is 0.577. The summed E-state index contributed by atoms with van der Waals surface area (Å²) in [5.41, 5.74) is 4.45. The second kappa shape index (κ2) is 9.26. The molecule has 2 saturated carbocycles. The van der Waals surface area contributed by atoms with E-state index in [1.54, 1.807) is 19.0 Å². The Labute approximate surface area is 210 Å². The number of phenols is 1. The van der Waals surface area contributed by atoms with Gasteiger partial charge in [-0.3, -0.25) is 14.4 Å². The lowest BCUT2D eigenvalue weighted by atomic mass is 9.54.